The Bertz CT molecular complexity index is 1590. The van der Waals surface area contributed by atoms with Crippen LogP contribution in [0.3, 0.4) is 0 Å². The third-order valence-electron chi connectivity index (χ3n) is 7.24. The summed E-state index contributed by atoms with van der Waals surface area (Å²) in [4.78, 5) is 6.45. The smallest absolute Gasteiger partial charge is 0.251 e. The van der Waals surface area contributed by atoms with E-state index in [1.807, 2.05) is 45.9 Å². The van der Waals surface area contributed by atoms with Crippen molar-refractivity contribution in [3.63, 3.8) is 0 Å². The molecule has 0 aromatic carbocycles. The highest BCUT2D eigenvalue weighted by Gasteiger charge is 2.27. The quantitative estimate of drug-likeness (QED) is 0.280. The maximum Gasteiger partial charge on any atom is 0.251 e. The molecule has 14 heteroatoms. The highest BCUT2D eigenvalue weighted by molar-refractivity contribution is 5.93. The average molecular weight is 586 g/mol. The topological polar surface area (TPSA) is 131 Å². The lowest BCUT2D eigenvalue weighted by Gasteiger charge is -2.27. The number of nitrogens with zero attached hydrogens (tertiary/aromatic N) is 7. The van der Waals surface area contributed by atoms with Crippen molar-refractivity contribution < 1.29 is 23.4 Å². The van der Waals surface area contributed by atoms with Gasteiger partial charge in [-0.2, -0.15) is 10.2 Å². The molecule has 1 aliphatic heterocycles. The molecule has 1 aliphatic rings. The lowest BCUT2D eigenvalue weighted by Crippen LogP contribution is -2.38. The number of ether oxygens (including phenoxy) is 2. The Morgan fingerprint density at radius 3 is 2.74 bits per heavy atom. The molecule has 0 spiro atoms. The van der Waals surface area contributed by atoms with Gasteiger partial charge in [-0.3, -0.25) is 25.0 Å². The molecule has 0 fully saturated rings. The maximum atomic E-state index is 13.9. The minimum Gasteiger partial charge on any atom is -0.473 e. The first-order valence-corrected chi connectivity index (χ1v) is 13.9. The number of aromatic nitrogens is 7. The normalized spacial score (nSPS) is 17.5. The van der Waals surface area contributed by atoms with Gasteiger partial charge in [-0.25, -0.2) is 13.5 Å². The van der Waals surface area contributed by atoms with Gasteiger partial charge in [0.25, 0.3) is 6.43 Å². The Balaban J connectivity index is 1.75. The van der Waals surface area contributed by atoms with Crippen LogP contribution in [0, 0.1) is 13.8 Å². The monoisotopic (exact) mass is 585 g/mol. The second kappa shape index (κ2) is 12.2. The Morgan fingerprint density at radius 2 is 2.02 bits per heavy atom. The van der Waals surface area contributed by atoms with Gasteiger partial charge >= 0.3 is 0 Å². The first-order chi connectivity index (χ1) is 20.1. The molecular weight excluding hydrogens is 548 g/mol. The average Bonchev–Trinajstić information content (AvgIpc) is 3.58. The Labute approximate surface area is 242 Å². The highest BCUT2D eigenvalue weighted by atomic mass is 19.3. The van der Waals surface area contributed by atoms with E-state index >= 15 is 0 Å². The second-order valence-corrected chi connectivity index (χ2v) is 10.6. The number of hydrogen-bond acceptors (Lipinski definition) is 9. The van der Waals surface area contributed by atoms with Crippen LogP contribution in [-0.2, 0) is 13.6 Å². The molecule has 0 saturated carbocycles. The number of alkyl halides is 2. The summed E-state index contributed by atoms with van der Waals surface area (Å²) < 4.78 is 43.4. The Morgan fingerprint density at radius 1 is 1.24 bits per heavy atom. The molecule has 0 unspecified atom stereocenters. The number of halogens is 2. The summed E-state index contributed by atoms with van der Waals surface area (Å²) in [6.45, 7) is 7.25. The number of rotatable bonds is 7. The van der Waals surface area contributed by atoms with Crippen LogP contribution in [0.5, 0.6) is 11.8 Å². The SMILES string of the molecule is CNCOc1nn([C@@H](C)CO)c2c1/C=C/c1[nH]nc3c(C)nc(cc13)-c1c(C)nn(C)c1O[C@@H](C)CN(CC(F)F)C2. The van der Waals surface area contributed by atoms with E-state index in [2.05, 4.69) is 25.7 Å². The zero-order chi connectivity index (χ0) is 30.1. The van der Waals surface area contributed by atoms with Crippen molar-refractivity contribution in [2.45, 2.75) is 52.8 Å². The molecule has 4 aromatic heterocycles. The zero-order valence-corrected chi connectivity index (χ0v) is 24.6. The molecule has 2 atom stereocenters. The summed E-state index contributed by atoms with van der Waals surface area (Å²) in [5.41, 5.74) is 5.56. The van der Waals surface area contributed by atoms with Gasteiger partial charge in [0, 0.05) is 25.5 Å². The molecule has 0 radical (unpaired) electrons. The molecule has 0 aliphatic carbocycles. The van der Waals surface area contributed by atoms with Crippen LogP contribution in [0.1, 0.15) is 48.2 Å². The molecule has 2 bridgehead atoms. The van der Waals surface area contributed by atoms with Crippen LogP contribution >= 0.6 is 0 Å². The van der Waals surface area contributed by atoms with E-state index in [9.17, 15) is 13.9 Å². The summed E-state index contributed by atoms with van der Waals surface area (Å²) in [5.74, 6) is 0.819. The fourth-order valence-electron chi connectivity index (χ4n) is 5.35. The van der Waals surface area contributed by atoms with Gasteiger partial charge in [-0.05, 0) is 53.0 Å². The van der Waals surface area contributed by atoms with Gasteiger partial charge in [0.2, 0.25) is 11.8 Å². The lowest BCUT2D eigenvalue weighted by atomic mass is 10.1. The van der Waals surface area contributed by atoms with Crippen LogP contribution < -0.4 is 14.8 Å². The van der Waals surface area contributed by atoms with Crippen LogP contribution in [0.15, 0.2) is 6.07 Å². The largest absolute Gasteiger partial charge is 0.473 e. The number of nitrogens with one attached hydrogen (secondary N) is 2. The number of aliphatic hydroxyl groups is 1. The van der Waals surface area contributed by atoms with Crippen molar-refractivity contribution >= 4 is 23.1 Å². The fraction of sp³-hybridized carbons (Fsp3) is 0.500. The molecule has 226 valence electrons. The molecule has 12 nitrogen and oxygen atoms in total. The van der Waals surface area contributed by atoms with E-state index in [4.69, 9.17) is 14.5 Å². The minimum atomic E-state index is -2.58. The van der Waals surface area contributed by atoms with E-state index in [0.29, 0.717) is 28.7 Å². The lowest BCUT2D eigenvalue weighted by molar-refractivity contribution is 0.0582. The summed E-state index contributed by atoms with van der Waals surface area (Å²) in [5, 5.41) is 30.6. The number of aromatic amines is 1. The number of fused-ring (bicyclic) bond motifs is 4. The van der Waals surface area contributed by atoms with Gasteiger partial charge < -0.3 is 14.6 Å². The molecule has 4 aromatic rings. The number of aliphatic hydroxyl groups excluding tert-OH is 1. The van der Waals surface area contributed by atoms with Crippen molar-refractivity contribution in [2.75, 3.05) is 33.5 Å². The summed E-state index contributed by atoms with van der Waals surface area (Å²) in [6.07, 6.45) is 0.651. The van der Waals surface area contributed by atoms with E-state index in [-0.39, 0.29) is 26.4 Å². The van der Waals surface area contributed by atoms with Crippen molar-refractivity contribution in [3.05, 3.63) is 34.4 Å². The van der Waals surface area contributed by atoms with Gasteiger partial charge in [-0.1, -0.05) is 0 Å². The van der Waals surface area contributed by atoms with Gasteiger partial charge in [0.15, 0.2) is 0 Å². The molecule has 3 N–H and O–H groups in total. The minimum absolute atomic E-state index is 0.113. The third kappa shape index (κ3) is 5.74. The fourth-order valence-corrected chi connectivity index (χ4v) is 5.35. The molecular formula is C28H37F2N9O3. The maximum absolute atomic E-state index is 13.9. The van der Waals surface area contributed by atoms with Gasteiger partial charge in [0.1, 0.15) is 18.4 Å². The van der Waals surface area contributed by atoms with Crippen molar-refractivity contribution in [3.8, 4) is 23.0 Å². The number of hydrogen-bond donors (Lipinski definition) is 3. The molecule has 5 heterocycles. The summed E-state index contributed by atoms with van der Waals surface area (Å²) >= 11 is 0. The Kier molecular flexibility index (Phi) is 8.57. The van der Waals surface area contributed by atoms with Crippen molar-refractivity contribution in [2.24, 2.45) is 7.05 Å². The van der Waals surface area contributed by atoms with Crippen LogP contribution in [-0.4, -0.2) is 90.8 Å². The van der Waals surface area contributed by atoms with E-state index in [1.54, 1.807) is 28.4 Å². The van der Waals surface area contributed by atoms with Crippen LogP contribution in [0.25, 0.3) is 34.3 Å². The Hall–Kier alpha value is -3.88. The van der Waals surface area contributed by atoms with Crippen molar-refractivity contribution in [1.82, 2.24) is 45.0 Å². The predicted molar refractivity (Wildman–Crippen MR) is 154 cm³/mol. The second-order valence-electron chi connectivity index (χ2n) is 10.6. The number of aryl methyl sites for hydroxylation is 3. The third-order valence-corrected chi connectivity index (χ3v) is 7.24. The standard InChI is InChI=1S/C28H37F2N9O3/c1-15(13-40)39-23-11-38(12-24(29)30)10-16(2)42-28-25(17(3)35-37(28)6)22-9-20-21(33-34-26(20)18(4)32-22)8-7-19(23)27(36-39)41-14-31-5/h7-9,15-16,24,31,40H,10-14H2,1-6H3,(H,33,34)/b8-7+/t15-,16-/m0/s1. The molecule has 5 rings (SSSR count). The first-order valence-electron chi connectivity index (χ1n) is 13.9. The van der Waals surface area contributed by atoms with Crippen molar-refractivity contribution in [1.29, 1.82) is 0 Å². The van der Waals surface area contributed by atoms with Gasteiger partial charge in [0.05, 0.1) is 58.8 Å². The summed E-state index contributed by atoms with van der Waals surface area (Å²) in [7, 11) is 3.53. The predicted octanol–water partition coefficient (Wildman–Crippen LogP) is 3.30. The molecule has 42 heavy (non-hydrogen) atoms. The zero-order valence-electron chi connectivity index (χ0n) is 24.6. The van der Waals surface area contributed by atoms with Crippen LogP contribution in [0.2, 0.25) is 0 Å². The molecule has 0 saturated heterocycles. The number of H-pyrrole nitrogens is 1. The van der Waals surface area contributed by atoms with E-state index in [0.717, 1.165) is 33.5 Å². The van der Waals surface area contributed by atoms with Crippen LogP contribution in [0.4, 0.5) is 8.78 Å². The van der Waals surface area contributed by atoms with E-state index < -0.39 is 25.1 Å². The number of pyridine rings is 1. The highest BCUT2D eigenvalue weighted by Crippen LogP contribution is 2.36. The van der Waals surface area contributed by atoms with Gasteiger partial charge in [-0.15, -0.1) is 5.10 Å². The summed E-state index contributed by atoms with van der Waals surface area (Å²) in [6, 6.07) is 1.53. The first kappa shape index (κ1) is 29.6. The molecule has 0 amide bonds. The van der Waals surface area contributed by atoms with E-state index in [1.165, 1.54) is 0 Å².